The number of aromatic nitrogens is 1. The number of carbonyl (C=O) groups is 2. The third kappa shape index (κ3) is 13.5. The van der Waals surface area contributed by atoms with E-state index in [4.69, 9.17) is 4.98 Å². The van der Waals surface area contributed by atoms with Gasteiger partial charge in [0.25, 0.3) is 11.8 Å². The fourth-order valence-corrected chi connectivity index (χ4v) is 12.0. The van der Waals surface area contributed by atoms with Crippen molar-refractivity contribution in [1.82, 2.24) is 14.8 Å². The summed E-state index contributed by atoms with van der Waals surface area (Å²) in [5, 5.41) is 0.800. The Morgan fingerprint density at radius 2 is 0.864 bits per heavy atom. The molecular formula is C51H77N3O2S3. The summed E-state index contributed by atoms with van der Waals surface area (Å²) in [5.41, 5.74) is 2.86. The minimum atomic E-state index is 0.00699. The lowest BCUT2D eigenvalue weighted by Gasteiger charge is -2.29. The second kappa shape index (κ2) is 25.4. The van der Waals surface area contributed by atoms with Crippen molar-refractivity contribution in [1.29, 1.82) is 0 Å². The van der Waals surface area contributed by atoms with E-state index in [1.807, 2.05) is 11.1 Å². The first kappa shape index (κ1) is 47.5. The SMILES string of the molecule is CCCCCCCCC(CCCCCC)CN1C(=O)C2=C(c3ncc(-c4ccc(C)s4)s3)N(CC(CCCCCC)CCCCCCCC)C(=O)C2=C1c1ccc(C)s1. The molecule has 2 aliphatic heterocycles. The Balaban J connectivity index is 1.53. The molecular weight excluding hydrogens is 783 g/mol. The number of unbranched alkanes of at least 4 members (excludes halogenated alkanes) is 16. The van der Waals surface area contributed by atoms with Gasteiger partial charge in [-0.05, 0) is 75.6 Å². The van der Waals surface area contributed by atoms with Crippen molar-refractivity contribution < 1.29 is 9.59 Å². The maximum absolute atomic E-state index is 15.4. The molecule has 0 N–H and O–H groups in total. The van der Waals surface area contributed by atoms with Gasteiger partial charge in [0.05, 0.1) is 32.3 Å². The van der Waals surface area contributed by atoms with Crippen molar-refractivity contribution in [2.45, 2.75) is 196 Å². The molecule has 2 amide bonds. The molecule has 59 heavy (non-hydrogen) atoms. The van der Waals surface area contributed by atoms with Gasteiger partial charge in [0.1, 0.15) is 5.01 Å². The average Bonchev–Trinajstić information content (AvgIpc) is 4.07. The lowest BCUT2D eigenvalue weighted by atomic mass is 9.93. The van der Waals surface area contributed by atoms with E-state index in [-0.39, 0.29) is 11.8 Å². The lowest BCUT2D eigenvalue weighted by molar-refractivity contribution is -0.124. The van der Waals surface area contributed by atoms with Gasteiger partial charge < -0.3 is 9.80 Å². The molecule has 326 valence electrons. The largest absolute Gasteiger partial charge is 0.306 e. The number of rotatable bonds is 31. The van der Waals surface area contributed by atoms with Crippen molar-refractivity contribution in [3.63, 3.8) is 0 Å². The molecule has 2 aliphatic rings. The highest BCUT2D eigenvalue weighted by Crippen LogP contribution is 2.50. The van der Waals surface area contributed by atoms with Gasteiger partial charge in [-0.15, -0.1) is 34.0 Å². The molecule has 0 aliphatic carbocycles. The molecule has 3 aromatic heterocycles. The number of carbonyl (C=O) groups excluding carboxylic acids is 2. The van der Waals surface area contributed by atoms with Crippen molar-refractivity contribution >= 4 is 57.2 Å². The predicted octanol–water partition coefficient (Wildman–Crippen LogP) is 16.0. The standard InChI is InChI=1S/C51H77N3O2S3/c1-7-11-15-19-21-25-29-40(27-23-17-13-9-3)36-53-47(43-34-32-39(6)58-43)45-46(51(53)56)48(49-52-35-44(59-49)42-33-31-38(5)57-42)54(50(45)55)37-41(28-24-18-14-10-4)30-26-22-20-16-12-8-2/h31-35,40-41H,7-30,36-37H2,1-6H3. The number of hydrogen-bond acceptors (Lipinski definition) is 6. The van der Waals surface area contributed by atoms with Crippen LogP contribution in [0.15, 0.2) is 41.6 Å². The van der Waals surface area contributed by atoms with E-state index < -0.39 is 0 Å². The highest BCUT2D eigenvalue weighted by atomic mass is 32.1. The molecule has 0 aromatic carbocycles. The summed E-state index contributed by atoms with van der Waals surface area (Å²) in [6, 6.07) is 8.64. The molecule has 5 heterocycles. The average molecular weight is 860 g/mol. The van der Waals surface area contributed by atoms with E-state index >= 15 is 9.59 Å². The second-order valence-electron chi connectivity index (χ2n) is 17.7. The number of thiazole rings is 1. The Morgan fingerprint density at radius 3 is 1.31 bits per heavy atom. The molecule has 0 bridgehead atoms. The molecule has 3 aromatic rings. The number of hydrogen-bond donors (Lipinski definition) is 0. The van der Waals surface area contributed by atoms with Gasteiger partial charge in [0.2, 0.25) is 0 Å². The molecule has 8 heteroatoms. The zero-order valence-corrected chi connectivity index (χ0v) is 40.3. The summed E-state index contributed by atoms with van der Waals surface area (Å²) in [5.74, 6) is 0.811. The first-order valence-electron chi connectivity index (χ1n) is 24.0. The fourth-order valence-electron chi connectivity index (χ4n) is 9.17. The second-order valence-corrected chi connectivity index (χ2v) is 21.3. The van der Waals surface area contributed by atoms with Gasteiger partial charge >= 0.3 is 0 Å². The first-order chi connectivity index (χ1) is 28.8. The van der Waals surface area contributed by atoms with Crippen LogP contribution >= 0.6 is 34.0 Å². The first-order valence-corrected chi connectivity index (χ1v) is 26.5. The maximum atomic E-state index is 15.4. The van der Waals surface area contributed by atoms with E-state index in [1.54, 1.807) is 34.0 Å². The van der Waals surface area contributed by atoms with Crippen LogP contribution in [0.2, 0.25) is 0 Å². The van der Waals surface area contributed by atoms with Crippen LogP contribution in [-0.2, 0) is 9.59 Å². The van der Waals surface area contributed by atoms with Gasteiger partial charge in [0, 0.05) is 33.9 Å². The molecule has 0 spiro atoms. The van der Waals surface area contributed by atoms with Crippen LogP contribution in [0, 0.1) is 25.7 Å². The highest BCUT2D eigenvalue weighted by Gasteiger charge is 2.50. The van der Waals surface area contributed by atoms with Crippen LogP contribution < -0.4 is 0 Å². The number of thiophene rings is 2. The smallest absolute Gasteiger partial charge is 0.261 e. The summed E-state index contributed by atoms with van der Waals surface area (Å²) in [6.45, 7) is 14.7. The van der Waals surface area contributed by atoms with Crippen molar-refractivity contribution in [2.24, 2.45) is 11.8 Å². The summed E-state index contributed by atoms with van der Waals surface area (Å²) in [7, 11) is 0. The Bertz CT molecular complexity index is 1800. The summed E-state index contributed by atoms with van der Waals surface area (Å²) in [6.07, 6.45) is 31.6. The monoisotopic (exact) mass is 860 g/mol. The van der Waals surface area contributed by atoms with E-state index in [9.17, 15) is 0 Å². The molecule has 0 fully saturated rings. The van der Waals surface area contributed by atoms with Crippen LogP contribution in [0.1, 0.15) is 201 Å². The minimum Gasteiger partial charge on any atom is -0.306 e. The van der Waals surface area contributed by atoms with E-state index in [2.05, 4.69) is 70.7 Å². The fraction of sp³-hybridized carbons (Fsp3) is 0.667. The third-order valence-corrected chi connectivity index (χ3v) is 15.8. The summed E-state index contributed by atoms with van der Waals surface area (Å²) >= 11 is 5.13. The van der Waals surface area contributed by atoms with Crippen LogP contribution in [0.5, 0.6) is 0 Å². The lowest BCUT2D eigenvalue weighted by Crippen LogP contribution is -2.34. The highest BCUT2D eigenvalue weighted by molar-refractivity contribution is 7.22. The molecule has 0 saturated carbocycles. The van der Waals surface area contributed by atoms with E-state index in [0.29, 0.717) is 36.1 Å². The van der Waals surface area contributed by atoms with Crippen molar-refractivity contribution in [3.8, 4) is 9.75 Å². The Kier molecular flexibility index (Phi) is 20.4. The van der Waals surface area contributed by atoms with Crippen molar-refractivity contribution in [2.75, 3.05) is 13.1 Å². The predicted molar refractivity (Wildman–Crippen MR) is 257 cm³/mol. The minimum absolute atomic E-state index is 0.00699. The molecule has 0 saturated heterocycles. The zero-order valence-electron chi connectivity index (χ0n) is 37.8. The van der Waals surface area contributed by atoms with Crippen LogP contribution in [-0.4, -0.2) is 39.7 Å². The van der Waals surface area contributed by atoms with Crippen LogP contribution in [0.4, 0.5) is 0 Å². The number of nitrogens with zero attached hydrogens (tertiary/aromatic N) is 3. The molecule has 2 unspecified atom stereocenters. The molecule has 5 nitrogen and oxygen atoms in total. The van der Waals surface area contributed by atoms with E-state index in [1.165, 1.54) is 143 Å². The van der Waals surface area contributed by atoms with Gasteiger partial charge in [0.15, 0.2) is 0 Å². The Labute approximate surface area is 371 Å². The van der Waals surface area contributed by atoms with E-state index in [0.717, 1.165) is 51.8 Å². The normalized spacial score (nSPS) is 15.4. The number of amides is 2. The topological polar surface area (TPSA) is 53.5 Å². The van der Waals surface area contributed by atoms with Crippen LogP contribution in [0.25, 0.3) is 21.1 Å². The van der Waals surface area contributed by atoms with Gasteiger partial charge in [-0.2, -0.15) is 0 Å². The van der Waals surface area contributed by atoms with Gasteiger partial charge in [-0.25, -0.2) is 4.98 Å². The Hall–Kier alpha value is -2.55. The molecule has 0 radical (unpaired) electrons. The zero-order chi connectivity index (χ0) is 42.0. The summed E-state index contributed by atoms with van der Waals surface area (Å²) < 4.78 is 0. The third-order valence-electron chi connectivity index (χ3n) is 12.6. The van der Waals surface area contributed by atoms with Crippen molar-refractivity contribution in [3.05, 3.63) is 61.2 Å². The van der Waals surface area contributed by atoms with Gasteiger partial charge in [-0.3, -0.25) is 9.59 Å². The molecule has 5 rings (SSSR count). The van der Waals surface area contributed by atoms with Crippen LogP contribution in [0.3, 0.4) is 0 Å². The van der Waals surface area contributed by atoms with Gasteiger partial charge in [-0.1, -0.05) is 156 Å². The summed E-state index contributed by atoms with van der Waals surface area (Å²) in [4.78, 5) is 45.6. The maximum Gasteiger partial charge on any atom is 0.261 e. The number of fused-ring (bicyclic) bond motifs is 1. The Morgan fingerprint density at radius 1 is 0.475 bits per heavy atom. The number of aryl methyl sites for hydroxylation is 2. The molecule has 2 atom stereocenters. The quantitative estimate of drug-likeness (QED) is 0.0606.